The third kappa shape index (κ3) is 4.77. The fraction of sp³-hybridized carbons (Fsp3) is 0.684. The van der Waals surface area contributed by atoms with E-state index in [4.69, 9.17) is 10.5 Å². The van der Waals surface area contributed by atoms with Crippen LogP contribution in [0.2, 0.25) is 0 Å². The lowest BCUT2D eigenvalue weighted by Gasteiger charge is -2.31. The summed E-state index contributed by atoms with van der Waals surface area (Å²) in [5.41, 5.74) is 6.92. The maximum atomic E-state index is 12.2. The SMILES string of the molecule is Nc1cccc(C2CCN(CCCC(=O)C3CCOCC3)CC2)n1. The summed E-state index contributed by atoms with van der Waals surface area (Å²) in [5, 5.41) is 0. The van der Waals surface area contributed by atoms with E-state index in [9.17, 15) is 4.79 Å². The van der Waals surface area contributed by atoms with Crippen molar-refractivity contribution in [3.8, 4) is 0 Å². The Bertz CT molecular complexity index is 535. The minimum Gasteiger partial charge on any atom is -0.384 e. The number of hydrogen-bond acceptors (Lipinski definition) is 5. The maximum absolute atomic E-state index is 12.2. The van der Waals surface area contributed by atoms with E-state index in [-0.39, 0.29) is 5.92 Å². The average Bonchev–Trinajstić information content (AvgIpc) is 2.63. The number of rotatable bonds is 6. The van der Waals surface area contributed by atoms with Crippen molar-refractivity contribution in [2.75, 3.05) is 38.6 Å². The Morgan fingerprint density at radius 2 is 1.96 bits per heavy atom. The van der Waals surface area contributed by atoms with Gasteiger partial charge in [0.25, 0.3) is 0 Å². The first kappa shape index (κ1) is 17.4. The van der Waals surface area contributed by atoms with Crippen LogP contribution in [0.25, 0.3) is 0 Å². The molecule has 0 amide bonds. The summed E-state index contributed by atoms with van der Waals surface area (Å²) in [5.74, 6) is 1.83. The number of nitrogen functional groups attached to an aromatic ring is 1. The van der Waals surface area contributed by atoms with Crippen LogP contribution >= 0.6 is 0 Å². The van der Waals surface area contributed by atoms with Gasteiger partial charge in [-0.1, -0.05) is 6.07 Å². The molecule has 0 radical (unpaired) electrons. The molecule has 0 spiro atoms. The molecule has 5 heteroatoms. The molecule has 2 N–H and O–H groups in total. The first-order valence-corrected chi connectivity index (χ1v) is 9.27. The van der Waals surface area contributed by atoms with Crippen LogP contribution in [0.1, 0.15) is 50.1 Å². The molecule has 3 heterocycles. The van der Waals surface area contributed by atoms with Gasteiger partial charge in [0.15, 0.2) is 0 Å². The third-order valence-electron chi connectivity index (χ3n) is 5.37. The molecule has 24 heavy (non-hydrogen) atoms. The summed E-state index contributed by atoms with van der Waals surface area (Å²) in [4.78, 5) is 19.2. The number of nitrogens with two attached hydrogens (primary N) is 1. The molecule has 132 valence electrons. The van der Waals surface area contributed by atoms with Crippen LogP contribution in [0, 0.1) is 5.92 Å². The van der Waals surface area contributed by atoms with Crippen molar-refractivity contribution in [1.82, 2.24) is 9.88 Å². The summed E-state index contributed by atoms with van der Waals surface area (Å²) in [7, 11) is 0. The molecule has 0 unspecified atom stereocenters. The van der Waals surface area contributed by atoms with Gasteiger partial charge in [0.05, 0.1) is 0 Å². The van der Waals surface area contributed by atoms with Gasteiger partial charge in [-0.05, 0) is 63.9 Å². The summed E-state index contributed by atoms with van der Waals surface area (Å²) in [6, 6.07) is 5.92. The van der Waals surface area contributed by atoms with Gasteiger partial charge in [-0.15, -0.1) is 0 Å². The van der Waals surface area contributed by atoms with Crippen molar-refractivity contribution in [3.05, 3.63) is 23.9 Å². The molecule has 2 fully saturated rings. The molecule has 0 aromatic carbocycles. The molecule has 5 nitrogen and oxygen atoms in total. The monoisotopic (exact) mass is 331 g/mol. The van der Waals surface area contributed by atoms with Crippen LogP contribution < -0.4 is 5.73 Å². The smallest absolute Gasteiger partial charge is 0.136 e. The van der Waals surface area contributed by atoms with E-state index in [0.29, 0.717) is 17.5 Å². The van der Waals surface area contributed by atoms with Crippen molar-refractivity contribution in [2.24, 2.45) is 5.92 Å². The van der Waals surface area contributed by atoms with E-state index in [1.54, 1.807) is 0 Å². The van der Waals surface area contributed by atoms with E-state index in [1.165, 1.54) is 0 Å². The van der Waals surface area contributed by atoms with Crippen molar-refractivity contribution < 1.29 is 9.53 Å². The van der Waals surface area contributed by atoms with Gasteiger partial charge in [0.2, 0.25) is 0 Å². The molecule has 0 atom stereocenters. The number of ether oxygens (including phenoxy) is 1. The van der Waals surface area contributed by atoms with Gasteiger partial charge in [0.1, 0.15) is 11.6 Å². The van der Waals surface area contributed by atoms with Gasteiger partial charge >= 0.3 is 0 Å². The molecule has 1 aromatic rings. The number of piperidine rings is 1. The fourth-order valence-corrected chi connectivity index (χ4v) is 3.85. The lowest BCUT2D eigenvalue weighted by atomic mass is 9.91. The second-order valence-electron chi connectivity index (χ2n) is 7.06. The van der Waals surface area contributed by atoms with Crippen molar-refractivity contribution in [2.45, 2.75) is 44.4 Å². The van der Waals surface area contributed by atoms with Gasteiger partial charge in [-0.25, -0.2) is 4.98 Å². The van der Waals surface area contributed by atoms with Crippen molar-refractivity contribution in [3.63, 3.8) is 0 Å². The number of pyridine rings is 1. The number of Topliss-reactive ketones (excluding diaryl/α,β-unsaturated/α-hetero) is 1. The number of likely N-dealkylation sites (tertiary alicyclic amines) is 1. The Labute approximate surface area is 144 Å². The molecule has 2 saturated heterocycles. The zero-order chi connectivity index (χ0) is 16.8. The number of ketones is 1. The average molecular weight is 331 g/mol. The van der Waals surface area contributed by atoms with Gasteiger partial charge in [-0.2, -0.15) is 0 Å². The number of hydrogen-bond donors (Lipinski definition) is 1. The zero-order valence-electron chi connectivity index (χ0n) is 14.5. The molecule has 0 aliphatic carbocycles. The third-order valence-corrected chi connectivity index (χ3v) is 5.37. The van der Waals surface area contributed by atoms with Crippen molar-refractivity contribution in [1.29, 1.82) is 0 Å². The number of anilines is 1. The number of carbonyl (C=O) groups excluding carboxylic acids is 1. The number of aromatic nitrogens is 1. The standard InChI is InChI=1S/C19H29N3O2/c20-19-5-1-3-17(21-19)15-6-11-22(12-7-15)10-2-4-18(23)16-8-13-24-14-9-16/h1,3,5,15-16H,2,4,6-14H2,(H2,20,21). The molecular formula is C19H29N3O2. The quantitative estimate of drug-likeness (QED) is 0.868. The highest BCUT2D eigenvalue weighted by molar-refractivity contribution is 5.81. The molecule has 3 rings (SSSR count). The summed E-state index contributed by atoms with van der Waals surface area (Å²) >= 11 is 0. The minimum atomic E-state index is 0.249. The van der Waals surface area contributed by atoms with E-state index in [2.05, 4.69) is 16.0 Å². The molecule has 0 saturated carbocycles. The first-order valence-electron chi connectivity index (χ1n) is 9.27. The fourth-order valence-electron chi connectivity index (χ4n) is 3.85. The van der Waals surface area contributed by atoms with Crippen molar-refractivity contribution >= 4 is 11.6 Å². The van der Waals surface area contributed by atoms with E-state index in [1.807, 2.05) is 12.1 Å². The highest BCUT2D eigenvalue weighted by Crippen LogP contribution is 2.27. The first-order chi connectivity index (χ1) is 11.7. The maximum Gasteiger partial charge on any atom is 0.136 e. The zero-order valence-corrected chi connectivity index (χ0v) is 14.5. The number of nitrogens with zero attached hydrogens (tertiary/aromatic N) is 2. The highest BCUT2D eigenvalue weighted by Gasteiger charge is 2.23. The molecular weight excluding hydrogens is 302 g/mol. The van der Waals surface area contributed by atoms with Gasteiger partial charge in [0, 0.05) is 37.2 Å². The Morgan fingerprint density at radius 1 is 1.21 bits per heavy atom. The minimum absolute atomic E-state index is 0.249. The summed E-state index contributed by atoms with van der Waals surface area (Å²) < 4.78 is 5.33. The predicted molar refractivity (Wildman–Crippen MR) is 94.8 cm³/mol. The number of carbonyl (C=O) groups is 1. The second-order valence-corrected chi connectivity index (χ2v) is 7.06. The second kappa shape index (κ2) is 8.58. The van der Waals surface area contributed by atoms with Crippen LogP contribution in [-0.2, 0) is 9.53 Å². The van der Waals surface area contributed by atoms with E-state index < -0.39 is 0 Å². The summed E-state index contributed by atoms with van der Waals surface area (Å²) in [6.45, 7) is 4.72. The molecule has 2 aliphatic heterocycles. The van der Waals surface area contributed by atoms with Crippen LogP contribution in [0.5, 0.6) is 0 Å². The van der Waals surface area contributed by atoms with Crippen LogP contribution in [-0.4, -0.2) is 48.5 Å². The molecule has 1 aromatic heterocycles. The Balaban J connectivity index is 1.36. The topological polar surface area (TPSA) is 68.5 Å². The normalized spacial score (nSPS) is 21.0. The predicted octanol–water partition coefficient (Wildman–Crippen LogP) is 2.62. The highest BCUT2D eigenvalue weighted by atomic mass is 16.5. The summed E-state index contributed by atoms with van der Waals surface area (Å²) in [6.07, 6.45) is 5.79. The van der Waals surface area contributed by atoms with Gasteiger partial charge in [-0.3, -0.25) is 4.79 Å². The lowest BCUT2D eigenvalue weighted by Crippen LogP contribution is -2.34. The lowest BCUT2D eigenvalue weighted by molar-refractivity contribution is -0.125. The van der Waals surface area contributed by atoms with E-state index in [0.717, 1.165) is 77.1 Å². The van der Waals surface area contributed by atoms with E-state index >= 15 is 0 Å². The van der Waals surface area contributed by atoms with Crippen LogP contribution in [0.3, 0.4) is 0 Å². The van der Waals surface area contributed by atoms with Crippen LogP contribution in [0.4, 0.5) is 5.82 Å². The largest absolute Gasteiger partial charge is 0.384 e. The molecule has 0 bridgehead atoms. The molecule has 2 aliphatic rings. The Kier molecular flexibility index (Phi) is 6.21. The van der Waals surface area contributed by atoms with Crippen LogP contribution in [0.15, 0.2) is 18.2 Å². The Morgan fingerprint density at radius 3 is 2.67 bits per heavy atom. The van der Waals surface area contributed by atoms with Gasteiger partial charge < -0.3 is 15.4 Å². The Hall–Kier alpha value is -1.46.